The SMILES string of the molecule is C/C=C\N=C(C)CN(SN=O)c1cccc(C)c1. The van der Waals surface area contributed by atoms with E-state index in [4.69, 9.17) is 0 Å². The van der Waals surface area contributed by atoms with Crippen molar-refractivity contribution in [1.82, 2.24) is 0 Å². The molecule has 18 heavy (non-hydrogen) atoms. The van der Waals surface area contributed by atoms with Crippen molar-refractivity contribution in [1.29, 1.82) is 0 Å². The van der Waals surface area contributed by atoms with Crippen LogP contribution in [-0.2, 0) is 0 Å². The molecule has 1 rings (SSSR count). The predicted octanol–water partition coefficient (Wildman–Crippen LogP) is 4.13. The Morgan fingerprint density at radius 2 is 2.28 bits per heavy atom. The van der Waals surface area contributed by atoms with Crippen LogP contribution in [0.2, 0.25) is 0 Å². The lowest BCUT2D eigenvalue weighted by molar-refractivity contribution is 1.22. The maximum atomic E-state index is 10.5. The van der Waals surface area contributed by atoms with Crippen LogP contribution in [0, 0.1) is 11.8 Å². The lowest BCUT2D eigenvalue weighted by atomic mass is 10.2. The lowest BCUT2D eigenvalue weighted by Crippen LogP contribution is -2.20. The number of aryl methyl sites for hydroxylation is 1. The van der Waals surface area contributed by atoms with Crippen LogP contribution in [0.5, 0.6) is 0 Å². The van der Waals surface area contributed by atoms with Gasteiger partial charge in [-0.1, -0.05) is 18.2 Å². The molecule has 0 spiro atoms. The molecule has 5 heteroatoms. The van der Waals surface area contributed by atoms with Crippen molar-refractivity contribution in [3.8, 4) is 0 Å². The Morgan fingerprint density at radius 1 is 1.50 bits per heavy atom. The van der Waals surface area contributed by atoms with Crippen LogP contribution < -0.4 is 4.31 Å². The van der Waals surface area contributed by atoms with Gasteiger partial charge in [0.15, 0.2) is 0 Å². The van der Waals surface area contributed by atoms with Crippen LogP contribution in [0.4, 0.5) is 5.69 Å². The van der Waals surface area contributed by atoms with E-state index in [0.717, 1.165) is 29.1 Å². The number of aliphatic imine (C=N–C) groups is 1. The number of allylic oxidation sites excluding steroid dienone is 1. The third-order valence-electron chi connectivity index (χ3n) is 2.24. The number of hydrogen-bond donors (Lipinski definition) is 0. The van der Waals surface area contributed by atoms with E-state index in [9.17, 15) is 4.91 Å². The third kappa shape index (κ3) is 4.71. The highest BCUT2D eigenvalue weighted by Crippen LogP contribution is 2.23. The first-order valence-electron chi connectivity index (χ1n) is 5.65. The van der Waals surface area contributed by atoms with E-state index in [0.29, 0.717) is 6.54 Å². The summed E-state index contributed by atoms with van der Waals surface area (Å²) in [6.07, 6.45) is 3.61. The molecule has 1 aromatic carbocycles. The summed E-state index contributed by atoms with van der Waals surface area (Å²) < 4.78 is 4.72. The van der Waals surface area contributed by atoms with E-state index in [-0.39, 0.29) is 0 Å². The van der Waals surface area contributed by atoms with Gasteiger partial charge in [-0.25, -0.2) is 0 Å². The summed E-state index contributed by atoms with van der Waals surface area (Å²) in [5.41, 5.74) is 3.02. The average Bonchev–Trinajstić information content (AvgIpc) is 2.36. The van der Waals surface area contributed by atoms with Crippen LogP contribution in [0.3, 0.4) is 0 Å². The summed E-state index contributed by atoms with van der Waals surface area (Å²) in [4.78, 5) is 14.7. The predicted molar refractivity (Wildman–Crippen MR) is 79.8 cm³/mol. The zero-order valence-corrected chi connectivity index (χ0v) is 11.6. The van der Waals surface area contributed by atoms with Crippen molar-refractivity contribution in [2.75, 3.05) is 10.8 Å². The highest BCUT2D eigenvalue weighted by molar-refractivity contribution is 7.99. The van der Waals surface area contributed by atoms with Gasteiger partial charge in [0, 0.05) is 22.2 Å². The van der Waals surface area contributed by atoms with E-state index in [1.165, 1.54) is 0 Å². The van der Waals surface area contributed by atoms with Gasteiger partial charge in [0.1, 0.15) is 12.1 Å². The molecule has 0 saturated heterocycles. The number of nitroso groups, excluding NO2 is 1. The molecule has 4 nitrogen and oxygen atoms in total. The van der Waals surface area contributed by atoms with Crippen molar-refractivity contribution < 1.29 is 0 Å². The average molecular weight is 263 g/mol. The summed E-state index contributed by atoms with van der Waals surface area (Å²) in [5, 5.41) is 0. The second-order valence-corrected chi connectivity index (χ2v) is 4.63. The number of hydrogen-bond acceptors (Lipinski definition) is 5. The first-order valence-corrected chi connectivity index (χ1v) is 6.39. The van der Waals surface area contributed by atoms with Crippen LogP contribution in [0.25, 0.3) is 0 Å². The van der Waals surface area contributed by atoms with E-state index >= 15 is 0 Å². The molecule has 0 radical (unpaired) electrons. The van der Waals surface area contributed by atoms with Gasteiger partial charge in [-0.15, -0.1) is 4.91 Å². The zero-order chi connectivity index (χ0) is 13.4. The Kier molecular flexibility index (Phi) is 6.14. The van der Waals surface area contributed by atoms with Crippen LogP contribution in [0.15, 0.2) is 46.1 Å². The Labute approximate surface area is 112 Å². The van der Waals surface area contributed by atoms with E-state index in [2.05, 4.69) is 9.57 Å². The fourth-order valence-corrected chi connectivity index (χ4v) is 1.97. The van der Waals surface area contributed by atoms with Gasteiger partial charge >= 0.3 is 0 Å². The molecule has 0 atom stereocenters. The van der Waals surface area contributed by atoms with Crippen molar-refractivity contribution in [3.05, 3.63) is 47.0 Å². The lowest BCUT2D eigenvalue weighted by Gasteiger charge is -2.19. The zero-order valence-electron chi connectivity index (χ0n) is 10.8. The molecule has 1 aromatic rings. The Hall–Kier alpha value is -1.62. The van der Waals surface area contributed by atoms with Crippen LogP contribution in [0.1, 0.15) is 19.4 Å². The number of benzene rings is 1. The van der Waals surface area contributed by atoms with Gasteiger partial charge in [0.25, 0.3) is 0 Å². The van der Waals surface area contributed by atoms with Crippen LogP contribution in [-0.4, -0.2) is 12.3 Å². The maximum absolute atomic E-state index is 10.5. The van der Waals surface area contributed by atoms with Crippen LogP contribution >= 0.6 is 12.1 Å². The van der Waals surface area contributed by atoms with Gasteiger partial charge in [0.05, 0.1) is 6.54 Å². The van der Waals surface area contributed by atoms with Crippen molar-refractivity contribution >= 4 is 23.5 Å². The minimum Gasteiger partial charge on any atom is -0.289 e. The summed E-state index contributed by atoms with van der Waals surface area (Å²) in [6, 6.07) is 7.94. The molecule has 96 valence electrons. The largest absolute Gasteiger partial charge is 0.289 e. The van der Waals surface area contributed by atoms with Gasteiger partial charge in [-0.3, -0.25) is 9.30 Å². The van der Waals surface area contributed by atoms with E-state index in [1.54, 1.807) is 6.20 Å². The second kappa shape index (κ2) is 7.66. The summed E-state index contributed by atoms with van der Waals surface area (Å²) in [5.74, 6) is 0. The molecule has 0 saturated carbocycles. The molecular weight excluding hydrogens is 246 g/mol. The van der Waals surface area contributed by atoms with Crippen molar-refractivity contribution in [2.24, 2.45) is 9.57 Å². The molecule has 0 aliphatic carbocycles. The van der Waals surface area contributed by atoms with Gasteiger partial charge in [-0.05, 0) is 38.5 Å². The highest BCUT2D eigenvalue weighted by atomic mass is 32.2. The number of nitrogens with zero attached hydrogens (tertiary/aromatic N) is 3. The fraction of sp³-hybridized carbons (Fsp3) is 0.308. The molecule has 0 aromatic heterocycles. The summed E-state index contributed by atoms with van der Waals surface area (Å²) in [6.45, 7) is 6.41. The van der Waals surface area contributed by atoms with E-state index in [1.807, 2.05) is 55.4 Å². The van der Waals surface area contributed by atoms with Crippen molar-refractivity contribution in [3.63, 3.8) is 0 Å². The first kappa shape index (κ1) is 14.4. The summed E-state index contributed by atoms with van der Waals surface area (Å²) >= 11 is 0.898. The monoisotopic (exact) mass is 263 g/mol. The van der Waals surface area contributed by atoms with Crippen molar-refractivity contribution in [2.45, 2.75) is 20.8 Å². The Morgan fingerprint density at radius 3 is 2.89 bits per heavy atom. The minimum atomic E-state index is 0.560. The molecule has 0 heterocycles. The maximum Gasteiger partial charge on any atom is 0.140 e. The third-order valence-corrected chi connectivity index (χ3v) is 2.84. The molecule has 0 bridgehead atoms. The Balaban J connectivity index is 2.86. The fourth-order valence-electron chi connectivity index (χ4n) is 1.44. The molecular formula is C13H17N3OS. The standard InChI is InChI=1S/C13H17N3OS/c1-4-8-14-12(3)10-16(18-15-17)13-7-5-6-11(2)9-13/h4-9H,10H2,1-3H3/b8-4-,14-12?. The van der Waals surface area contributed by atoms with E-state index < -0.39 is 0 Å². The molecule has 0 N–H and O–H groups in total. The smallest absolute Gasteiger partial charge is 0.140 e. The number of rotatable bonds is 6. The number of anilines is 1. The minimum absolute atomic E-state index is 0.560. The topological polar surface area (TPSA) is 45.0 Å². The highest BCUT2D eigenvalue weighted by Gasteiger charge is 2.09. The molecule has 0 unspecified atom stereocenters. The van der Waals surface area contributed by atoms with Gasteiger partial charge < -0.3 is 0 Å². The van der Waals surface area contributed by atoms with Gasteiger partial charge in [-0.2, -0.15) is 0 Å². The quantitative estimate of drug-likeness (QED) is 0.440. The molecule has 0 aliphatic heterocycles. The first-order chi connectivity index (χ1) is 8.67. The molecule has 0 aliphatic rings. The Bertz CT molecular complexity index is 457. The normalized spacial score (nSPS) is 11.8. The molecule has 0 fully saturated rings. The van der Waals surface area contributed by atoms with Gasteiger partial charge in [0.2, 0.25) is 0 Å². The second-order valence-electron chi connectivity index (χ2n) is 3.88. The molecule has 0 amide bonds. The summed E-state index contributed by atoms with van der Waals surface area (Å²) in [7, 11) is 0.